The molecule has 2 heterocycles. The SMILES string of the molecule is CCNC(=O)N1CCC(N(c2nn(-c3ccccc3)cc2C(=O)OCC)C(=O)[C@H]2CC[C@H](C)CC2)CC1. The topological polar surface area (TPSA) is 96.8 Å². The average Bonchev–Trinajstić information content (AvgIpc) is 3.35. The fraction of sp³-hybridized carbons (Fsp3) is 0.571. The summed E-state index contributed by atoms with van der Waals surface area (Å²) in [5.74, 6) is 0.392. The first-order chi connectivity index (χ1) is 17.9. The molecule has 1 aromatic heterocycles. The van der Waals surface area contributed by atoms with Crippen LogP contribution in [-0.2, 0) is 9.53 Å². The Balaban J connectivity index is 1.70. The molecule has 1 aliphatic heterocycles. The Kier molecular flexibility index (Phi) is 8.84. The second-order valence-electron chi connectivity index (χ2n) is 10.1. The summed E-state index contributed by atoms with van der Waals surface area (Å²) in [6, 6.07) is 9.30. The van der Waals surface area contributed by atoms with Crippen LogP contribution in [0.25, 0.3) is 5.69 Å². The van der Waals surface area contributed by atoms with Crippen LogP contribution in [0.4, 0.5) is 10.6 Å². The molecule has 4 rings (SSSR count). The summed E-state index contributed by atoms with van der Waals surface area (Å²) in [4.78, 5) is 43.2. The molecule has 1 N–H and O–H groups in total. The maximum Gasteiger partial charge on any atom is 0.343 e. The zero-order valence-corrected chi connectivity index (χ0v) is 22.2. The highest BCUT2D eigenvalue weighted by molar-refractivity contribution is 6.02. The van der Waals surface area contributed by atoms with Gasteiger partial charge in [-0.25, -0.2) is 14.3 Å². The maximum absolute atomic E-state index is 14.1. The van der Waals surface area contributed by atoms with Gasteiger partial charge >= 0.3 is 12.0 Å². The molecule has 2 fully saturated rings. The van der Waals surface area contributed by atoms with Gasteiger partial charge in [0, 0.05) is 37.8 Å². The van der Waals surface area contributed by atoms with Crippen molar-refractivity contribution in [3.8, 4) is 5.69 Å². The number of ether oxygens (including phenoxy) is 1. The van der Waals surface area contributed by atoms with E-state index in [-0.39, 0.29) is 36.1 Å². The quantitative estimate of drug-likeness (QED) is 0.558. The summed E-state index contributed by atoms with van der Waals surface area (Å²) in [5.41, 5.74) is 1.08. The largest absolute Gasteiger partial charge is 0.462 e. The Bertz CT molecular complexity index is 1070. The van der Waals surface area contributed by atoms with Gasteiger partial charge in [0.1, 0.15) is 5.56 Å². The molecule has 0 atom stereocenters. The second-order valence-corrected chi connectivity index (χ2v) is 10.1. The highest BCUT2D eigenvalue weighted by atomic mass is 16.5. The van der Waals surface area contributed by atoms with Crippen LogP contribution >= 0.6 is 0 Å². The van der Waals surface area contributed by atoms with Crippen molar-refractivity contribution in [1.82, 2.24) is 20.0 Å². The number of amides is 3. The number of benzene rings is 1. The number of carbonyl (C=O) groups excluding carboxylic acids is 3. The molecule has 2 aliphatic rings. The number of hydrogen-bond donors (Lipinski definition) is 1. The lowest BCUT2D eigenvalue weighted by molar-refractivity contribution is -0.124. The normalized spacial score (nSPS) is 20.4. The summed E-state index contributed by atoms with van der Waals surface area (Å²) in [6.07, 6.45) is 6.60. The number of para-hydroxylation sites is 1. The van der Waals surface area contributed by atoms with E-state index in [9.17, 15) is 14.4 Å². The van der Waals surface area contributed by atoms with Gasteiger partial charge in [-0.1, -0.05) is 25.1 Å². The molecule has 1 aliphatic carbocycles. The monoisotopic (exact) mass is 509 g/mol. The van der Waals surface area contributed by atoms with E-state index < -0.39 is 5.97 Å². The third kappa shape index (κ3) is 6.14. The minimum absolute atomic E-state index is 0.0206. The Labute approximate surface area is 219 Å². The van der Waals surface area contributed by atoms with Gasteiger partial charge in [0.15, 0.2) is 5.82 Å². The number of nitrogens with zero attached hydrogens (tertiary/aromatic N) is 4. The predicted octanol–water partition coefficient (Wildman–Crippen LogP) is 4.40. The zero-order valence-electron chi connectivity index (χ0n) is 22.2. The fourth-order valence-corrected chi connectivity index (χ4v) is 5.36. The smallest absolute Gasteiger partial charge is 0.343 e. The van der Waals surface area contributed by atoms with Crippen molar-refractivity contribution in [1.29, 1.82) is 0 Å². The van der Waals surface area contributed by atoms with Gasteiger partial charge in [-0.15, -0.1) is 5.10 Å². The number of nitrogens with one attached hydrogen (secondary N) is 1. The number of likely N-dealkylation sites (tertiary alicyclic amines) is 1. The number of esters is 1. The number of rotatable bonds is 7. The van der Waals surface area contributed by atoms with E-state index in [1.807, 2.05) is 37.3 Å². The van der Waals surface area contributed by atoms with Crippen LogP contribution in [0.15, 0.2) is 36.5 Å². The third-order valence-electron chi connectivity index (χ3n) is 7.49. The van der Waals surface area contributed by atoms with E-state index in [0.717, 1.165) is 31.4 Å². The molecule has 0 radical (unpaired) electrons. The fourth-order valence-electron chi connectivity index (χ4n) is 5.36. The Morgan fingerprint density at radius 3 is 2.32 bits per heavy atom. The molecule has 1 aromatic carbocycles. The molecule has 0 bridgehead atoms. The van der Waals surface area contributed by atoms with Crippen LogP contribution in [0.1, 0.15) is 69.7 Å². The van der Waals surface area contributed by atoms with Crippen molar-refractivity contribution >= 4 is 23.7 Å². The maximum atomic E-state index is 14.1. The molecule has 9 nitrogen and oxygen atoms in total. The summed E-state index contributed by atoms with van der Waals surface area (Å²) in [7, 11) is 0. The van der Waals surface area contributed by atoms with Crippen LogP contribution in [0.2, 0.25) is 0 Å². The molecular weight excluding hydrogens is 470 g/mol. The van der Waals surface area contributed by atoms with Gasteiger partial charge in [0.2, 0.25) is 5.91 Å². The first-order valence-corrected chi connectivity index (χ1v) is 13.6. The van der Waals surface area contributed by atoms with Crippen LogP contribution in [0.3, 0.4) is 0 Å². The van der Waals surface area contributed by atoms with E-state index in [1.165, 1.54) is 0 Å². The molecule has 0 spiro atoms. The van der Waals surface area contributed by atoms with E-state index in [1.54, 1.807) is 27.6 Å². The average molecular weight is 510 g/mol. The van der Waals surface area contributed by atoms with Crippen molar-refractivity contribution in [3.05, 3.63) is 42.1 Å². The highest BCUT2D eigenvalue weighted by Gasteiger charge is 2.38. The van der Waals surface area contributed by atoms with E-state index in [0.29, 0.717) is 44.2 Å². The van der Waals surface area contributed by atoms with Gasteiger partial charge in [-0.2, -0.15) is 0 Å². The van der Waals surface area contributed by atoms with Crippen molar-refractivity contribution < 1.29 is 19.1 Å². The summed E-state index contributed by atoms with van der Waals surface area (Å²) in [5, 5.41) is 7.66. The minimum Gasteiger partial charge on any atom is -0.462 e. The molecule has 37 heavy (non-hydrogen) atoms. The van der Waals surface area contributed by atoms with Crippen molar-refractivity contribution in [2.75, 3.05) is 31.1 Å². The van der Waals surface area contributed by atoms with Crippen LogP contribution in [0, 0.1) is 11.8 Å². The molecule has 1 saturated carbocycles. The zero-order chi connectivity index (χ0) is 26.4. The van der Waals surface area contributed by atoms with Crippen molar-refractivity contribution in [3.63, 3.8) is 0 Å². The third-order valence-corrected chi connectivity index (χ3v) is 7.49. The first-order valence-electron chi connectivity index (χ1n) is 13.6. The number of anilines is 1. The molecule has 3 amide bonds. The Hall–Kier alpha value is -3.36. The Morgan fingerprint density at radius 2 is 1.70 bits per heavy atom. The van der Waals surface area contributed by atoms with Crippen molar-refractivity contribution in [2.45, 2.75) is 65.3 Å². The molecule has 9 heteroatoms. The second kappa shape index (κ2) is 12.3. The van der Waals surface area contributed by atoms with E-state index >= 15 is 0 Å². The summed E-state index contributed by atoms with van der Waals surface area (Å²) >= 11 is 0. The van der Waals surface area contributed by atoms with Gasteiger partial charge in [0.25, 0.3) is 0 Å². The van der Waals surface area contributed by atoms with Gasteiger partial charge in [0.05, 0.1) is 12.3 Å². The summed E-state index contributed by atoms with van der Waals surface area (Å²) in [6.45, 7) is 7.78. The van der Waals surface area contributed by atoms with Crippen LogP contribution in [-0.4, -0.2) is 64.9 Å². The number of urea groups is 1. The highest BCUT2D eigenvalue weighted by Crippen LogP contribution is 2.34. The molecular formula is C28H39N5O4. The molecule has 1 saturated heterocycles. The summed E-state index contributed by atoms with van der Waals surface area (Å²) < 4.78 is 7.03. The van der Waals surface area contributed by atoms with E-state index in [4.69, 9.17) is 9.84 Å². The lowest BCUT2D eigenvalue weighted by atomic mass is 9.82. The number of piperidine rings is 1. The van der Waals surface area contributed by atoms with Crippen LogP contribution in [0.5, 0.6) is 0 Å². The van der Waals surface area contributed by atoms with Crippen molar-refractivity contribution in [2.24, 2.45) is 11.8 Å². The number of hydrogen-bond acceptors (Lipinski definition) is 5. The van der Waals surface area contributed by atoms with Gasteiger partial charge in [-0.3, -0.25) is 9.69 Å². The van der Waals surface area contributed by atoms with Gasteiger partial charge in [-0.05, 0) is 70.4 Å². The first kappa shape index (κ1) is 26.7. The molecule has 200 valence electrons. The minimum atomic E-state index is -0.491. The molecule has 2 aromatic rings. The molecule has 0 unspecified atom stereocenters. The Morgan fingerprint density at radius 1 is 1.03 bits per heavy atom. The predicted molar refractivity (Wildman–Crippen MR) is 142 cm³/mol. The lowest BCUT2D eigenvalue weighted by Gasteiger charge is -2.40. The van der Waals surface area contributed by atoms with Gasteiger partial charge < -0.3 is 15.0 Å². The van der Waals surface area contributed by atoms with E-state index in [2.05, 4.69) is 12.2 Å². The van der Waals surface area contributed by atoms with Crippen LogP contribution < -0.4 is 10.2 Å². The number of carbonyl (C=O) groups is 3. The standard InChI is InChI=1S/C28H39N5O4/c1-4-29-28(36)31-17-15-23(16-18-31)33(26(34)21-13-11-20(3)12-14-21)25-24(27(35)37-5-2)19-32(30-25)22-9-7-6-8-10-22/h6-10,19-21,23H,4-5,11-18H2,1-3H3,(H,29,36)/t20-,21-. The number of aromatic nitrogens is 2. The lowest BCUT2D eigenvalue weighted by Crippen LogP contribution is -2.53.